The molecular weight excluding hydrogens is 372 g/mol. The first kappa shape index (κ1) is 20.7. The summed E-state index contributed by atoms with van der Waals surface area (Å²) in [4.78, 5) is 0. The van der Waals surface area contributed by atoms with Crippen molar-refractivity contribution >= 4 is 29.4 Å². The Morgan fingerprint density at radius 2 is 1.04 bits per heavy atom. The topological polar surface area (TPSA) is 0 Å². The van der Waals surface area contributed by atoms with E-state index in [0.29, 0.717) is 0 Å². The minimum absolute atomic E-state index is 1.03. The predicted octanol–water partition coefficient (Wildman–Crippen LogP) is 4.39. The van der Waals surface area contributed by atoms with Crippen molar-refractivity contribution in [3.8, 4) is 0 Å². The van der Waals surface area contributed by atoms with E-state index in [2.05, 4.69) is 75.8 Å². The number of hydrogen-bond donors (Lipinski definition) is 0. The van der Waals surface area contributed by atoms with Crippen molar-refractivity contribution in [2.45, 2.75) is 49.8 Å². The Morgan fingerprint density at radius 3 is 1.43 bits per heavy atom. The quantitative estimate of drug-likeness (QED) is 0.469. The van der Waals surface area contributed by atoms with Gasteiger partial charge in [0.05, 0.1) is 0 Å². The van der Waals surface area contributed by atoms with Gasteiger partial charge in [0.15, 0.2) is 0 Å². The summed E-state index contributed by atoms with van der Waals surface area (Å²) in [5.74, 6) is 0. The molecule has 0 unspecified atom stereocenters. The SMILES string of the molecule is B[PH]1(CC[PH]2(B)CCC[C@@H]2Cc2ccccc2)CCC[C@@H]1Cc1ccccc1. The molecule has 2 fully saturated rings. The van der Waals surface area contributed by atoms with E-state index in [1.807, 2.05) is 0 Å². The van der Waals surface area contributed by atoms with E-state index in [1.165, 1.54) is 38.5 Å². The van der Waals surface area contributed by atoms with Gasteiger partial charge < -0.3 is 0 Å². The Hall–Kier alpha value is -0.570. The molecule has 2 aliphatic rings. The maximum absolute atomic E-state index is 2.77. The zero-order valence-electron chi connectivity index (χ0n) is 18.0. The second-order valence-electron chi connectivity index (χ2n) is 10.4. The van der Waals surface area contributed by atoms with Crippen LogP contribution in [0.1, 0.15) is 36.8 Å². The molecule has 0 spiro atoms. The molecule has 0 N–H and O–H groups in total. The van der Waals surface area contributed by atoms with Crippen LogP contribution in [0.4, 0.5) is 0 Å². The fourth-order valence-corrected chi connectivity index (χ4v) is 18.3. The third-order valence-corrected chi connectivity index (χ3v) is 19.7. The fourth-order valence-electron chi connectivity index (χ4n) is 6.33. The minimum atomic E-state index is -1.10. The second kappa shape index (κ2) is 9.06. The van der Waals surface area contributed by atoms with Gasteiger partial charge in [0, 0.05) is 0 Å². The average molecular weight is 410 g/mol. The molecule has 0 aliphatic carbocycles. The molecule has 0 saturated carbocycles. The van der Waals surface area contributed by atoms with Gasteiger partial charge in [-0.1, -0.05) is 0 Å². The first-order valence-corrected chi connectivity index (χ1v) is 17.6. The molecule has 2 aromatic carbocycles. The van der Waals surface area contributed by atoms with Gasteiger partial charge in [0.1, 0.15) is 0 Å². The summed E-state index contributed by atoms with van der Waals surface area (Å²) in [6.07, 6.45) is 15.2. The third kappa shape index (κ3) is 4.77. The van der Waals surface area contributed by atoms with Crippen LogP contribution in [0.3, 0.4) is 0 Å². The summed E-state index contributed by atoms with van der Waals surface area (Å²) in [7, 11) is 3.34. The van der Waals surface area contributed by atoms with Crippen LogP contribution >= 0.6 is 14.3 Å². The summed E-state index contributed by atoms with van der Waals surface area (Å²) >= 11 is 0. The van der Waals surface area contributed by atoms with Crippen LogP contribution in [0.15, 0.2) is 60.7 Å². The van der Waals surface area contributed by atoms with Crippen molar-refractivity contribution in [2.75, 3.05) is 24.6 Å². The van der Waals surface area contributed by atoms with Gasteiger partial charge in [-0.15, -0.1) is 0 Å². The van der Waals surface area contributed by atoms with E-state index in [9.17, 15) is 0 Å². The van der Waals surface area contributed by atoms with Crippen molar-refractivity contribution in [1.82, 2.24) is 0 Å². The van der Waals surface area contributed by atoms with Gasteiger partial charge in [-0.3, -0.25) is 0 Å². The molecule has 2 aliphatic heterocycles. The first-order chi connectivity index (χ1) is 13.6. The summed E-state index contributed by atoms with van der Waals surface area (Å²) in [5.41, 5.74) is 5.22. The molecule has 0 bridgehead atoms. The van der Waals surface area contributed by atoms with E-state index < -0.39 is 14.3 Å². The summed E-state index contributed by atoms with van der Waals surface area (Å²) in [6, 6.07) is 22.7. The molecular formula is C24H38B2P2. The molecule has 0 amide bonds. The average Bonchev–Trinajstić information content (AvgIpc) is 3.26. The van der Waals surface area contributed by atoms with Gasteiger partial charge in [-0.25, -0.2) is 0 Å². The predicted molar refractivity (Wildman–Crippen MR) is 140 cm³/mol. The molecule has 2 saturated heterocycles. The van der Waals surface area contributed by atoms with Crippen LogP contribution < -0.4 is 0 Å². The summed E-state index contributed by atoms with van der Waals surface area (Å²) < 4.78 is 0. The van der Waals surface area contributed by atoms with E-state index >= 15 is 0 Å². The Morgan fingerprint density at radius 1 is 0.643 bits per heavy atom. The fraction of sp³-hybridized carbons (Fsp3) is 0.500. The molecule has 28 heavy (non-hydrogen) atoms. The molecule has 2 atom stereocenters. The van der Waals surface area contributed by atoms with Gasteiger partial charge in [0.25, 0.3) is 0 Å². The van der Waals surface area contributed by atoms with E-state index in [4.69, 9.17) is 0 Å². The van der Waals surface area contributed by atoms with Gasteiger partial charge in [0.2, 0.25) is 0 Å². The van der Waals surface area contributed by atoms with Crippen molar-refractivity contribution in [3.63, 3.8) is 0 Å². The van der Waals surface area contributed by atoms with Crippen LogP contribution in [0, 0.1) is 0 Å². The molecule has 0 radical (unpaired) electrons. The molecule has 0 aromatic heterocycles. The number of hydrogen-bond acceptors (Lipinski definition) is 0. The van der Waals surface area contributed by atoms with Crippen LogP contribution in [0.2, 0.25) is 0 Å². The van der Waals surface area contributed by atoms with Crippen molar-refractivity contribution in [2.24, 2.45) is 0 Å². The van der Waals surface area contributed by atoms with Crippen LogP contribution in [-0.4, -0.2) is 51.1 Å². The van der Waals surface area contributed by atoms with Crippen LogP contribution in [0.5, 0.6) is 0 Å². The standard InChI is InChI=1S/C24H38B2P2/c25-27(15-7-13-23(27)19-21-9-3-1-4-10-21)17-18-28(26)16-8-14-24(28)20-22-11-5-2-6-12-22/h1-6,9-12,23-24,27-28H,7-8,13-20,25-26H2/t23-,24-/m1/s1. The summed E-state index contributed by atoms with van der Waals surface area (Å²) in [6.45, 7) is 0. The van der Waals surface area contributed by atoms with Gasteiger partial charge in [-0.2, -0.15) is 0 Å². The van der Waals surface area contributed by atoms with Gasteiger partial charge in [-0.05, 0) is 0 Å². The van der Waals surface area contributed by atoms with E-state index in [-0.39, 0.29) is 0 Å². The molecule has 4 rings (SSSR count). The first-order valence-electron chi connectivity index (χ1n) is 11.7. The van der Waals surface area contributed by atoms with E-state index in [1.54, 1.807) is 35.8 Å². The Kier molecular flexibility index (Phi) is 6.70. The zero-order valence-corrected chi connectivity index (χ0v) is 20.0. The second-order valence-corrected chi connectivity index (χ2v) is 20.6. The molecule has 2 aromatic rings. The van der Waals surface area contributed by atoms with Gasteiger partial charge >= 0.3 is 176 Å². The monoisotopic (exact) mass is 410 g/mol. The van der Waals surface area contributed by atoms with Crippen molar-refractivity contribution in [1.29, 1.82) is 0 Å². The van der Waals surface area contributed by atoms with Crippen LogP contribution in [0.25, 0.3) is 0 Å². The van der Waals surface area contributed by atoms with Crippen LogP contribution in [-0.2, 0) is 12.8 Å². The number of benzene rings is 2. The Balaban J connectivity index is 1.40. The zero-order chi connectivity index (χ0) is 19.5. The van der Waals surface area contributed by atoms with E-state index in [0.717, 1.165) is 11.3 Å². The molecule has 2 heterocycles. The van der Waals surface area contributed by atoms with Crippen molar-refractivity contribution < 1.29 is 0 Å². The Bertz CT molecular complexity index is 688. The van der Waals surface area contributed by atoms with Crippen molar-refractivity contribution in [3.05, 3.63) is 71.8 Å². The third-order valence-electron chi connectivity index (χ3n) is 8.49. The maximum atomic E-state index is 2.77. The number of rotatable bonds is 7. The molecule has 4 heteroatoms. The normalized spacial score (nSPS) is 28.0. The Labute approximate surface area is 175 Å². The molecule has 0 nitrogen and oxygen atoms in total. The molecule has 150 valence electrons. The summed E-state index contributed by atoms with van der Waals surface area (Å²) in [5, 5.41) is 0.